The molecule has 0 unspecified atom stereocenters. The number of amides is 1. The second-order valence-corrected chi connectivity index (χ2v) is 7.74. The summed E-state index contributed by atoms with van der Waals surface area (Å²) in [6.07, 6.45) is 5.91. The Kier molecular flexibility index (Phi) is 4.13. The molecule has 23 heavy (non-hydrogen) atoms. The number of aromatic nitrogens is 2. The van der Waals surface area contributed by atoms with E-state index in [2.05, 4.69) is 38.0 Å². The van der Waals surface area contributed by atoms with Gasteiger partial charge in [0.05, 0.1) is 12.2 Å². The fraction of sp³-hybridized carbons (Fsp3) is 0.611. The van der Waals surface area contributed by atoms with Crippen LogP contribution in [0.15, 0.2) is 29.1 Å². The van der Waals surface area contributed by atoms with Gasteiger partial charge in [-0.1, -0.05) is 32.9 Å². The third-order valence-corrected chi connectivity index (χ3v) is 4.69. The zero-order valence-electron chi connectivity index (χ0n) is 14.2. The number of allylic oxidation sites excluding steroid dienone is 2. The van der Waals surface area contributed by atoms with E-state index in [1.165, 1.54) is 0 Å². The van der Waals surface area contributed by atoms with Gasteiger partial charge in [-0.05, 0) is 18.9 Å². The van der Waals surface area contributed by atoms with E-state index in [1.54, 1.807) is 10.7 Å². The summed E-state index contributed by atoms with van der Waals surface area (Å²) in [4.78, 5) is 26.2. The van der Waals surface area contributed by atoms with E-state index in [0.29, 0.717) is 12.5 Å². The van der Waals surface area contributed by atoms with Crippen LogP contribution in [0, 0.1) is 11.8 Å². The van der Waals surface area contributed by atoms with Crippen LogP contribution in [0.5, 0.6) is 0 Å². The molecule has 1 aliphatic carbocycles. The predicted octanol–water partition coefficient (Wildman–Crippen LogP) is 1.97. The Balaban J connectivity index is 1.59. The van der Waals surface area contributed by atoms with Crippen LogP contribution in [0.3, 0.4) is 0 Å². The van der Waals surface area contributed by atoms with Crippen molar-refractivity contribution < 1.29 is 4.79 Å². The molecule has 1 aliphatic heterocycles. The maximum absolute atomic E-state index is 12.3. The molecule has 1 aromatic heterocycles. The summed E-state index contributed by atoms with van der Waals surface area (Å²) in [5, 5.41) is 4.50. The third kappa shape index (κ3) is 3.38. The molecule has 0 N–H and O–H groups in total. The molecule has 0 saturated carbocycles. The first-order valence-electron chi connectivity index (χ1n) is 8.37. The van der Waals surface area contributed by atoms with Gasteiger partial charge >= 0.3 is 0 Å². The molecule has 0 atom stereocenters. The summed E-state index contributed by atoms with van der Waals surface area (Å²) in [5.74, 6) is 0.727. The van der Waals surface area contributed by atoms with Crippen LogP contribution in [0.2, 0.25) is 0 Å². The highest BCUT2D eigenvalue weighted by atomic mass is 16.2. The lowest BCUT2D eigenvalue weighted by atomic mass is 9.92. The molecular formula is C18H25N3O2. The SMILES string of the molecule is CC(C)(C)c1ccc(=O)n(CC2CN(C(=O)C3CC=CC3)C2)n1. The molecule has 2 heterocycles. The number of nitrogens with zero attached hydrogens (tertiary/aromatic N) is 3. The molecule has 5 heteroatoms. The largest absolute Gasteiger partial charge is 0.342 e. The van der Waals surface area contributed by atoms with Gasteiger partial charge in [-0.3, -0.25) is 9.59 Å². The lowest BCUT2D eigenvalue weighted by molar-refractivity contribution is -0.142. The number of carbonyl (C=O) groups excluding carboxylic acids is 1. The summed E-state index contributed by atoms with van der Waals surface area (Å²) in [6.45, 7) is 8.33. The molecule has 0 radical (unpaired) electrons. The van der Waals surface area contributed by atoms with Gasteiger partial charge in [0.15, 0.2) is 0 Å². The van der Waals surface area contributed by atoms with Crippen molar-refractivity contribution in [3.8, 4) is 0 Å². The van der Waals surface area contributed by atoms with Gasteiger partial charge in [0.2, 0.25) is 5.91 Å². The van der Waals surface area contributed by atoms with E-state index in [-0.39, 0.29) is 22.8 Å². The zero-order valence-corrected chi connectivity index (χ0v) is 14.2. The lowest BCUT2D eigenvalue weighted by Gasteiger charge is -2.40. The molecule has 1 amide bonds. The van der Waals surface area contributed by atoms with Gasteiger partial charge in [-0.25, -0.2) is 4.68 Å². The molecule has 0 aromatic carbocycles. The molecule has 1 fully saturated rings. The Morgan fingerprint density at radius 2 is 1.87 bits per heavy atom. The Hall–Kier alpha value is -1.91. The standard InChI is InChI=1S/C18H25N3O2/c1-18(2,3)15-8-9-16(22)21(19-15)12-13-10-20(11-13)17(23)14-6-4-5-7-14/h4-5,8-9,13-14H,6-7,10-12H2,1-3H3. The molecule has 1 aromatic rings. The Morgan fingerprint density at radius 3 is 2.48 bits per heavy atom. The minimum absolute atomic E-state index is 0.0669. The van der Waals surface area contributed by atoms with E-state index in [4.69, 9.17) is 0 Å². The monoisotopic (exact) mass is 315 g/mol. The topological polar surface area (TPSA) is 55.2 Å². The molecule has 0 bridgehead atoms. The third-order valence-electron chi connectivity index (χ3n) is 4.69. The minimum atomic E-state index is -0.0768. The van der Waals surface area contributed by atoms with E-state index < -0.39 is 0 Å². The molecule has 2 aliphatic rings. The molecule has 1 saturated heterocycles. The van der Waals surface area contributed by atoms with Crippen LogP contribution in [0.1, 0.15) is 39.3 Å². The van der Waals surface area contributed by atoms with Crippen molar-refractivity contribution in [1.29, 1.82) is 0 Å². The predicted molar refractivity (Wildman–Crippen MR) is 89.1 cm³/mol. The number of hydrogen-bond donors (Lipinski definition) is 0. The second-order valence-electron chi connectivity index (χ2n) is 7.74. The first-order valence-corrected chi connectivity index (χ1v) is 8.37. The van der Waals surface area contributed by atoms with E-state index in [0.717, 1.165) is 31.6 Å². The van der Waals surface area contributed by atoms with Gasteiger partial charge in [-0.2, -0.15) is 5.10 Å². The van der Waals surface area contributed by atoms with Crippen molar-refractivity contribution in [2.75, 3.05) is 13.1 Å². The number of hydrogen-bond acceptors (Lipinski definition) is 3. The molecular weight excluding hydrogens is 290 g/mol. The average molecular weight is 315 g/mol. The van der Waals surface area contributed by atoms with Crippen LogP contribution in [-0.2, 0) is 16.8 Å². The first-order chi connectivity index (χ1) is 10.8. The van der Waals surface area contributed by atoms with E-state index in [1.807, 2.05) is 11.0 Å². The summed E-state index contributed by atoms with van der Waals surface area (Å²) in [6, 6.07) is 3.40. The highest BCUT2D eigenvalue weighted by molar-refractivity contribution is 5.80. The second kappa shape index (κ2) is 5.95. The first kappa shape index (κ1) is 16.0. The zero-order chi connectivity index (χ0) is 16.6. The molecule has 124 valence electrons. The highest BCUT2D eigenvalue weighted by Gasteiger charge is 2.35. The Morgan fingerprint density at radius 1 is 1.22 bits per heavy atom. The number of rotatable bonds is 3. The van der Waals surface area contributed by atoms with E-state index in [9.17, 15) is 9.59 Å². The number of carbonyl (C=O) groups is 1. The molecule has 3 rings (SSSR count). The fourth-order valence-corrected chi connectivity index (χ4v) is 3.17. The quantitative estimate of drug-likeness (QED) is 0.801. The van der Waals surface area contributed by atoms with Gasteiger partial charge in [0.25, 0.3) is 5.56 Å². The van der Waals surface area contributed by atoms with Gasteiger partial charge < -0.3 is 4.90 Å². The summed E-state index contributed by atoms with van der Waals surface area (Å²) < 4.78 is 1.56. The minimum Gasteiger partial charge on any atom is -0.342 e. The van der Waals surface area contributed by atoms with Crippen molar-refractivity contribution >= 4 is 5.91 Å². The van der Waals surface area contributed by atoms with Crippen LogP contribution in [0.25, 0.3) is 0 Å². The van der Waals surface area contributed by atoms with Crippen molar-refractivity contribution in [2.24, 2.45) is 11.8 Å². The fourth-order valence-electron chi connectivity index (χ4n) is 3.17. The molecule has 5 nitrogen and oxygen atoms in total. The number of likely N-dealkylation sites (tertiary alicyclic amines) is 1. The van der Waals surface area contributed by atoms with Gasteiger partial charge in [-0.15, -0.1) is 0 Å². The molecule has 0 spiro atoms. The Labute approximate surface area is 137 Å². The highest BCUT2D eigenvalue weighted by Crippen LogP contribution is 2.26. The summed E-state index contributed by atoms with van der Waals surface area (Å²) in [7, 11) is 0. The normalized spacial score (nSPS) is 19.2. The maximum atomic E-state index is 12.3. The van der Waals surface area contributed by atoms with Crippen LogP contribution >= 0.6 is 0 Å². The van der Waals surface area contributed by atoms with Crippen molar-refractivity contribution in [3.63, 3.8) is 0 Å². The average Bonchev–Trinajstić information content (AvgIpc) is 2.96. The van der Waals surface area contributed by atoms with Gasteiger partial charge in [0, 0.05) is 36.4 Å². The van der Waals surface area contributed by atoms with Crippen molar-refractivity contribution in [2.45, 2.75) is 45.6 Å². The van der Waals surface area contributed by atoms with Crippen molar-refractivity contribution in [3.05, 3.63) is 40.3 Å². The van der Waals surface area contributed by atoms with Crippen molar-refractivity contribution in [1.82, 2.24) is 14.7 Å². The van der Waals surface area contributed by atoms with E-state index >= 15 is 0 Å². The summed E-state index contributed by atoms with van der Waals surface area (Å²) >= 11 is 0. The Bertz CT molecular complexity index is 670. The van der Waals surface area contributed by atoms with Crippen LogP contribution in [-0.4, -0.2) is 33.7 Å². The van der Waals surface area contributed by atoms with Gasteiger partial charge in [0.1, 0.15) is 0 Å². The van der Waals surface area contributed by atoms with Crippen LogP contribution < -0.4 is 5.56 Å². The maximum Gasteiger partial charge on any atom is 0.266 e. The lowest BCUT2D eigenvalue weighted by Crippen LogP contribution is -2.53. The summed E-state index contributed by atoms with van der Waals surface area (Å²) in [5.41, 5.74) is 0.774. The smallest absolute Gasteiger partial charge is 0.266 e. The van der Waals surface area contributed by atoms with Crippen LogP contribution in [0.4, 0.5) is 0 Å².